The number of fused-ring (bicyclic) bond motifs is 3. The zero-order valence-corrected chi connectivity index (χ0v) is 8.34. The Morgan fingerprint density at radius 1 is 1.54 bits per heavy atom. The van der Waals surface area contributed by atoms with Crippen LogP contribution in [-0.2, 0) is 0 Å². The molecule has 1 nitrogen and oxygen atoms in total. The molecule has 0 heterocycles. The molecule has 2 bridgehead atoms. The Bertz CT molecular complexity index is 266. The molecular weight excluding hydrogens is 160 g/mol. The summed E-state index contributed by atoms with van der Waals surface area (Å²) < 4.78 is 0. The van der Waals surface area contributed by atoms with Crippen LogP contribution in [0, 0.1) is 11.8 Å². The van der Waals surface area contributed by atoms with Crippen LogP contribution in [0.2, 0.25) is 0 Å². The van der Waals surface area contributed by atoms with Crippen molar-refractivity contribution in [1.82, 2.24) is 0 Å². The Kier molecular flexibility index (Phi) is 1.88. The van der Waals surface area contributed by atoms with Crippen LogP contribution in [0.1, 0.15) is 32.6 Å². The molecule has 0 unspecified atom stereocenters. The minimum Gasteiger partial charge on any atom is -0.385 e. The third-order valence-electron chi connectivity index (χ3n) is 3.82. The van der Waals surface area contributed by atoms with E-state index >= 15 is 0 Å². The standard InChI is InChI=1S/C12H18O/c1-8(2)12(13)7-10-4-5-11(12)9(3)6-10/h10-11,13H,1,3-7H2,2H3/t10-,11+,12+/m1/s1. The summed E-state index contributed by atoms with van der Waals surface area (Å²) in [6.07, 6.45) is 4.40. The summed E-state index contributed by atoms with van der Waals surface area (Å²) in [5.41, 5.74) is 1.54. The van der Waals surface area contributed by atoms with Crippen molar-refractivity contribution < 1.29 is 5.11 Å². The summed E-state index contributed by atoms with van der Waals surface area (Å²) >= 11 is 0. The van der Waals surface area contributed by atoms with Gasteiger partial charge in [0.2, 0.25) is 0 Å². The van der Waals surface area contributed by atoms with Gasteiger partial charge in [0.1, 0.15) is 0 Å². The first-order chi connectivity index (χ1) is 6.04. The molecule has 13 heavy (non-hydrogen) atoms. The highest BCUT2D eigenvalue weighted by Gasteiger charge is 2.48. The highest BCUT2D eigenvalue weighted by Crippen LogP contribution is 2.51. The van der Waals surface area contributed by atoms with Gasteiger partial charge in [0.05, 0.1) is 5.60 Å². The van der Waals surface area contributed by atoms with Gasteiger partial charge in [-0.1, -0.05) is 18.7 Å². The van der Waals surface area contributed by atoms with Crippen LogP contribution in [0.3, 0.4) is 0 Å². The van der Waals surface area contributed by atoms with E-state index in [2.05, 4.69) is 13.2 Å². The average molecular weight is 178 g/mol. The maximum absolute atomic E-state index is 10.4. The molecule has 0 spiro atoms. The molecule has 0 aliphatic heterocycles. The zero-order valence-electron chi connectivity index (χ0n) is 8.34. The second-order valence-corrected chi connectivity index (χ2v) is 4.77. The number of rotatable bonds is 1. The highest BCUT2D eigenvalue weighted by molar-refractivity contribution is 5.26. The number of aliphatic hydroxyl groups is 1. The molecule has 3 atom stereocenters. The molecule has 1 N–H and O–H groups in total. The predicted octanol–water partition coefficient (Wildman–Crippen LogP) is 2.67. The molecule has 0 radical (unpaired) electrons. The van der Waals surface area contributed by atoms with Crippen molar-refractivity contribution in [1.29, 1.82) is 0 Å². The van der Waals surface area contributed by atoms with Gasteiger partial charge in [0.25, 0.3) is 0 Å². The Balaban J connectivity index is 2.33. The van der Waals surface area contributed by atoms with Gasteiger partial charge < -0.3 is 5.11 Å². The maximum Gasteiger partial charge on any atom is 0.0919 e. The van der Waals surface area contributed by atoms with Gasteiger partial charge in [0.15, 0.2) is 0 Å². The van der Waals surface area contributed by atoms with Crippen molar-refractivity contribution in [3.8, 4) is 0 Å². The van der Waals surface area contributed by atoms with Crippen LogP contribution in [0.25, 0.3) is 0 Å². The molecule has 0 saturated heterocycles. The fraction of sp³-hybridized carbons (Fsp3) is 0.667. The van der Waals surface area contributed by atoms with Crippen molar-refractivity contribution in [3.05, 3.63) is 24.3 Å². The molecular formula is C12H18O. The van der Waals surface area contributed by atoms with Gasteiger partial charge in [-0.2, -0.15) is 0 Å². The predicted molar refractivity (Wildman–Crippen MR) is 54.4 cm³/mol. The Labute approximate surface area is 80.2 Å². The largest absolute Gasteiger partial charge is 0.385 e. The van der Waals surface area contributed by atoms with Crippen molar-refractivity contribution in [3.63, 3.8) is 0 Å². The number of hydrogen-bond donors (Lipinski definition) is 1. The van der Waals surface area contributed by atoms with E-state index in [9.17, 15) is 5.11 Å². The Morgan fingerprint density at radius 3 is 2.62 bits per heavy atom. The third kappa shape index (κ3) is 1.18. The SMILES string of the molecule is C=C1C[C@H]2CC[C@@H]1[C@@](O)(C(=C)C)C2. The monoisotopic (exact) mass is 178 g/mol. The third-order valence-corrected chi connectivity index (χ3v) is 3.82. The van der Waals surface area contributed by atoms with Gasteiger partial charge in [-0.15, -0.1) is 0 Å². The van der Waals surface area contributed by atoms with Gasteiger partial charge in [-0.25, -0.2) is 0 Å². The van der Waals surface area contributed by atoms with E-state index in [1.165, 1.54) is 12.0 Å². The minimum absolute atomic E-state index is 0.287. The summed E-state index contributed by atoms with van der Waals surface area (Å²) in [5.74, 6) is 0.939. The molecule has 72 valence electrons. The van der Waals surface area contributed by atoms with E-state index < -0.39 is 5.60 Å². The van der Waals surface area contributed by atoms with Gasteiger partial charge in [-0.3, -0.25) is 0 Å². The van der Waals surface area contributed by atoms with E-state index in [1.807, 2.05) is 6.92 Å². The van der Waals surface area contributed by atoms with Gasteiger partial charge in [-0.05, 0) is 44.1 Å². The molecule has 3 aliphatic carbocycles. The molecule has 3 rings (SSSR count). The fourth-order valence-corrected chi connectivity index (χ4v) is 3.03. The smallest absolute Gasteiger partial charge is 0.0919 e. The van der Waals surface area contributed by atoms with Gasteiger partial charge >= 0.3 is 0 Å². The molecule has 1 heteroatoms. The maximum atomic E-state index is 10.4. The first-order valence-electron chi connectivity index (χ1n) is 5.10. The van der Waals surface area contributed by atoms with E-state index in [0.29, 0.717) is 5.92 Å². The van der Waals surface area contributed by atoms with Crippen LogP contribution in [0.4, 0.5) is 0 Å². The summed E-state index contributed by atoms with van der Waals surface area (Å²) in [6, 6.07) is 0. The Hall–Kier alpha value is -0.560. The highest BCUT2D eigenvalue weighted by atomic mass is 16.3. The molecule has 3 aliphatic rings. The van der Waals surface area contributed by atoms with E-state index in [4.69, 9.17) is 0 Å². The molecule has 0 aromatic rings. The average Bonchev–Trinajstić information content (AvgIpc) is 2.03. The lowest BCUT2D eigenvalue weighted by molar-refractivity contribution is -0.0411. The molecule has 0 aromatic heterocycles. The van der Waals surface area contributed by atoms with Crippen molar-refractivity contribution in [2.75, 3.05) is 0 Å². The summed E-state index contributed by atoms with van der Waals surface area (Å²) in [7, 11) is 0. The summed E-state index contributed by atoms with van der Waals surface area (Å²) in [6.45, 7) is 9.92. The molecule has 3 fully saturated rings. The van der Waals surface area contributed by atoms with Crippen molar-refractivity contribution in [2.24, 2.45) is 11.8 Å². The van der Waals surface area contributed by atoms with Crippen molar-refractivity contribution >= 4 is 0 Å². The van der Waals surface area contributed by atoms with E-state index in [0.717, 1.165) is 24.8 Å². The van der Waals surface area contributed by atoms with Crippen LogP contribution < -0.4 is 0 Å². The summed E-state index contributed by atoms with van der Waals surface area (Å²) in [5, 5.41) is 10.4. The van der Waals surface area contributed by atoms with Gasteiger partial charge in [0, 0.05) is 5.92 Å². The van der Waals surface area contributed by atoms with Crippen molar-refractivity contribution in [2.45, 2.75) is 38.2 Å². The van der Waals surface area contributed by atoms with E-state index in [-0.39, 0.29) is 5.92 Å². The number of hydrogen-bond acceptors (Lipinski definition) is 1. The molecule has 0 aromatic carbocycles. The van der Waals surface area contributed by atoms with Crippen LogP contribution in [0.5, 0.6) is 0 Å². The van der Waals surface area contributed by atoms with Crippen LogP contribution in [0.15, 0.2) is 24.3 Å². The minimum atomic E-state index is -0.627. The first-order valence-corrected chi connectivity index (χ1v) is 5.10. The summed E-state index contributed by atoms with van der Waals surface area (Å²) in [4.78, 5) is 0. The molecule has 0 amide bonds. The van der Waals surface area contributed by atoms with Crippen LogP contribution >= 0.6 is 0 Å². The topological polar surface area (TPSA) is 20.2 Å². The quantitative estimate of drug-likeness (QED) is 0.612. The zero-order chi connectivity index (χ0) is 9.64. The second kappa shape index (κ2) is 2.71. The lowest BCUT2D eigenvalue weighted by Gasteiger charge is -2.50. The molecule has 3 saturated carbocycles. The normalized spacial score (nSPS) is 43.7. The second-order valence-electron chi connectivity index (χ2n) is 4.77. The Morgan fingerprint density at radius 2 is 2.23 bits per heavy atom. The lowest BCUT2D eigenvalue weighted by atomic mass is 9.58. The van der Waals surface area contributed by atoms with Crippen LogP contribution in [-0.4, -0.2) is 10.7 Å². The fourth-order valence-electron chi connectivity index (χ4n) is 3.03. The van der Waals surface area contributed by atoms with E-state index in [1.54, 1.807) is 0 Å². The lowest BCUT2D eigenvalue weighted by Crippen LogP contribution is -2.49. The first kappa shape index (κ1) is 9.01.